The monoisotopic (exact) mass is 280 g/mol. The highest BCUT2D eigenvalue weighted by atomic mass is 32.1. The number of thiophene rings is 1. The summed E-state index contributed by atoms with van der Waals surface area (Å²) in [4.78, 5) is 15.6. The third kappa shape index (κ3) is 2.68. The third-order valence-electron chi connectivity index (χ3n) is 3.99. The Kier molecular flexibility index (Phi) is 3.60. The lowest BCUT2D eigenvalue weighted by molar-refractivity contribution is -0.146. The largest absolute Gasteiger partial charge is 0.363 e. The number of hydrogen-bond acceptors (Lipinski definition) is 4. The van der Waals surface area contributed by atoms with Gasteiger partial charge in [0.1, 0.15) is 6.61 Å². The highest BCUT2D eigenvalue weighted by Crippen LogP contribution is 2.34. The minimum atomic E-state index is -0.145. The smallest absolute Gasteiger partial charge is 0.249 e. The SMILES string of the molecule is CC1(OCC(=O)N2CCCC2c2cccs2)CNC1. The zero-order valence-corrected chi connectivity index (χ0v) is 12.0. The number of nitrogens with zero attached hydrogens (tertiary/aromatic N) is 1. The van der Waals surface area contributed by atoms with Crippen LogP contribution in [0.1, 0.15) is 30.7 Å². The van der Waals surface area contributed by atoms with E-state index in [9.17, 15) is 4.79 Å². The fourth-order valence-electron chi connectivity index (χ4n) is 2.74. The van der Waals surface area contributed by atoms with Gasteiger partial charge in [-0.1, -0.05) is 6.07 Å². The first-order valence-electron chi connectivity index (χ1n) is 6.85. The van der Waals surface area contributed by atoms with Crippen molar-refractivity contribution in [2.24, 2.45) is 0 Å². The molecule has 2 aliphatic heterocycles. The van der Waals surface area contributed by atoms with Gasteiger partial charge in [0.25, 0.3) is 0 Å². The van der Waals surface area contributed by atoms with E-state index in [2.05, 4.69) is 29.8 Å². The first-order chi connectivity index (χ1) is 9.18. The Bertz CT molecular complexity index is 442. The van der Waals surface area contributed by atoms with Crippen LogP contribution in [-0.2, 0) is 9.53 Å². The first-order valence-corrected chi connectivity index (χ1v) is 7.73. The average Bonchev–Trinajstić information content (AvgIpc) is 3.02. The third-order valence-corrected chi connectivity index (χ3v) is 4.96. The first kappa shape index (κ1) is 13.1. The van der Waals surface area contributed by atoms with Gasteiger partial charge >= 0.3 is 0 Å². The zero-order chi connectivity index (χ0) is 13.3. The Hall–Kier alpha value is -0.910. The van der Waals surface area contributed by atoms with Gasteiger partial charge in [-0.25, -0.2) is 0 Å². The molecule has 1 amide bonds. The quantitative estimate of drug-likeness (QED) is 0.914. The van der Waals surface area contributed by atoms with E-state index >= 15 is 0 Å². The van der Waals surface area contributed by atoms with E-state index in [0.717, 1.165) is 32.5 Å². The van der Waals surface area contributed by atoms with Gasteiger partial charge < -0.3 is 15.0 Å². The van der Waals surface area contributed by atoms with Crippen molar-refractivity contribution in [3.8, 4) is 0 Å². The molecule has 2 aliphatic rings. The maximum absolute atomic E-state index is 12.3. The Labute approximate surface area is 117 Å². The lowest BCUT2D eigenvalue weighted by Gasteiger charge is -2.39. The van der Waals surface area contributed by atoms with E-state index < -0.39 is 0 Å². The van der Waals surface area contributed by atoms with Crippen LogP contribution in [0.3, 0.4) is 0 Å². The van der Waals surface area contributed by atoms with Crippen LogP contribution in [0.25, 0.3) is 0 Å². The van der Waals surface area contributed by atoms with Crippen molar-refractivity contribution in [3.05, 3.63) is 22.4 Å². The van der Waals surface area contributed by atoms with Gasteiger partial charge in [-0.3, -0.25) is 4.79 Å². The van der Waals surface area contributed by atoms with E-state index in [1.165, 1.54) is 4.88 Å². The number of carbonyl (C=O) groups excluding carboxylic acids is 1. The van der Waals surface area contributed by atoms with Gasteiger partial charge in [-0.15, -0.1) is 11.3 Å². The summed E-state index contributed by atoms with van der Waals surface area (Å²) in [6.07, 6.45) is 2.16. The van der Waals surface area contributed by atoms with Crippen LogP contribution in [0.15, 0.2) is 17.5 Å². The van der Waals surface area contributed by atoms with E-state index in [4.69, 9.17) is 4.74 Å². The molecule has 0 aromatic carbocycles. The molecule has 0 bridgehead atoms. The normalized spacial score (nSPS) is 25.3. The van der Waals surface area contributed by atoms with Crippen molar-refractivity contribution >= 4 is 17.2 Å². The van der Waals surface area contributed by atoms with Crippen molar-refractivity contribution in [1.29, 1.82) is 0 Å². The highest BCUT2D eigenvalue weighted by molar-refractivity contribution is 7.10. The maximum atomic E-state index is 12.3. The molecule has 104 valence electrons. The Morgan fingerprint density at radius 2 is 2.47 bits per heavy atom. The second-order valence-electron chi connectivity index (χ2n) is 5.60. The molecule has 0 saturated carbocycles. The van der Waals surface area contributed by atoms with Crippen LogP contribution in [-0.4, -0.2) is 42.6 Å². The number of rotatable bonds is 4. The minimum absolute atomic E-state index is 0.129. The van der Waals surface area contributed by atoms with E-state index in [1.807, 2.05) is 4.90 Å². The Morgan fingerprint density at radius 1 is 1.63 bits per heavy atom. The van der Waals surface area contributed by atoms with Gasteiger partial charge in [0, 0.05) is 24.5 Å². The van der Waals surface area contributed by atoms with Gasteiger partial charge in [-0.2, -0.15) is 0 Å². The zero-order valence-electron chi connectivity index (χ0n) is 11.2. The van der Waals surface area contributed by atoms with Gasteiger partial charge in [0.05, 0.1) is 11.6 Å². The molecule has 2 saturated heterocycles. The molecule has 1 atom stereocenters. The molecule has 5 heteroatoms. The second-order valence-corrected chi connectivity index (χ2v) is 6.58. The number of likely N-dealkylation sites (tertiary alicyclic amines) is 1. The lowest BCUT2D eigenvalue weighted by atomic mass is 10.0. The van der Waals surface area contributed by atoms with Crippen LogP contribution < -0.4 is 5.32 Å². The summed E-state index contributed by atoms with van der Waals surface area (Å²) < 4.78 is 5.76. The van der Waals surface area contributed by atoms with Crippen molar-refractivity contribution in [2.75, 3.05) is 26.2 Å². The average molecular weight is 280 g/mol. The molecule has 3 heterocycles. The van der Waals surface area contributed by atoms with E-state index in [-0.39, 0.29) is 24.2 Å². The topological polar surface area (TPSA) is 41.6 Å². The summed E-state index contributed by atoms with van der Waals surface area (Å²) in [6, 6.07) is 4.45. The molecular formula is C14H20N2O2S. The number of amides is 1. The number of ether oxygens (including phenoxy) is 1. The molecule has 0 radical (unpaired) electrons. The molecule has 4 nitrogen and oxygen atoms in total. The summed E-state index contributed by atoms with van der Waals surface area (Å²) in [5, 5.41) is 5.26. The molecule has 0 aliphatic carbocycles. The van der Waals surface area contributed by atoms with Gasteiger partial charge in [0.15, 0.2) is 0 Å². The molecular weight excluding hydrogens is 260 g/mol. The summed E-state index contributed by atoms with van der Waals surface area (Å²) in [5.41, 5.74) is -0.145. The fraction of sp³-hybridized carbons (Fsp3) is 0.643. The standard InChI is InChI=1S/C14H20N2O2S/c1-14(9-15-10-14)18-8-13(17)16-6-2-4-11(16)12-5-3-7-19-12/h3,5,7,11,15H,2,4,6,8-10H2,1H3. The number of hydrogen-bond donors (Lipinski definition) is 1. The van der Waals surface area contributed by atoms with Crippen molar-refractivity contribution in [1.82, 2.24) is 10.2 Å². The van der Waals surface area contributed by atoms with E-state index in [1.54, 1.807) is 11.3 Å². The molecule has 1 N–H and O–H groups in total. The number of carbonyl (C=O) groups is 1. The molecule has 0 spiro atoms. The summed E-state index contributed by atoms with van der Waals surface area (Å²) in [7, 11) is 0. The van der Waals surface area contributed by atoms with Crippen LogP contribution in [0, 0.1) is 0 Å². The van der Waals surface area contributed by atoms with Crippen molar-refractivity contribution < 1.29 is 9.53 Å². The molecule has 2 fully saturated rings. The highest BCUT2D eigenvalue weighted by Gasteiger charge is 2.35. The molecule has 19 heavy (non-hydrogen) atoms. The molecule has 1 unspecified atom stereocenters. The predicted molar refractivity (Wildman–Crippen MR) is 75.2 cm³/mol. The predicted octanol–water partition coefficient (Wildman–Crippen LogP) is 1.79. The van der Waals surface area contributed by atoms with Crippen molar-refractivity contribution in [3.63, 3.8) is 0 Å². The summed E-state index contributed by atoms with van der Waals surface area (Å²) >= 11 is 1.74. The van der Waals surface area contributed by atoms with E-state index in [0.29, 0.717) is 0 Å². The second kappa shape index (κ2) is 5.23. The van der Waals surface area contributed by atoms with Crippen LogP contribution in [0.5, 0.6) is 0 Å². The molecule has 1 aromatic rings. The van der Waals surface area contributed by atoms with Crippen molar-refractivity contribution in [2.45, 2.75) is 31.4 Å². The molecule has 3 rings (SSSR count). The number of nitrogens with one attached hydrogen (secondary N) is 1. The Balaban J connectivity index is 1.59. The summed E-state index contributed by atoms with van der Waals surface area (Å²) in [6.45, 7) is 4.81. The maximum Gasteiger partial charge on any atom is 0.249 e. The van der Waals surface area contributed by atoms with Gasteiger partial charge in [-0.05, 0) is 31.2 Å². The van der Waals surface area contributed by atoms with Crippen LogP contribution in [0.4, 0.5) is 0 Å². The fourth-order valence-corrected chi connectivity index (χ4v) is 3.61. The molecule has 1 aromatic heterocycles. The lowest BCUT2D eigenvalue weighted by Crippen LogP contribution is -2.59. The van der Waals surface area contributed by atoms with Gasteiger partial charge in [0.2, 0.25) is 5.91 Å². The van der Waals surface area contributed by atoms with Crippen LogP contribution >= 0.6 is 11.3 Å². The minimum Gasteiger partial charge on any atom is -0.363 e. The summed E-state index contributed by atoms with van der Waals surface area (Å²) in [5.74, 6) is 0.129. The Morgan fingerprint density at radius 3 is 3.11 bits per heavy atom. The van der Waals surface area contributed by atoms with Crippen LogP contribution in [0.2, 0.25) is 0 Å².